The van der Waals surface area contributed by atoms with Crippen molar-refractivity contribution in [3.8, 4) is 5.75 Å². The van der Waals surface area contributed by atoms with E-state index in [9.17, 15) is 14.4 Å². The lowest BCUT2D eigenvalue weighted by Crippen LogP contribution is -2.73. The van der Waals surface area contributed by atoms with Crippen LogP contribution in [0.25, 0.3) is 0 Å². The summed E-state index contributed by atoms with van der Waals surface area (Å²) in [6.45, 7) is 2.87. The molecular formula is C30H41N3O5. The van der Waals surface area contributed by atoms with Gasteiger partial charge in [-0.1, -0.05) is 38.5 Å². The first-order chi connectivity index (χ1) is 18.5. The van der Waals surface area contributed by atoms with Crippen molar-refractivity contribution in [2.45, 2.75) is 94.9 Å². The van der Waals surface area contributed by atoms with Crippen LogP contribution in [0.4, 0.5) is 0 Å². The average Bonchev–Trinajstić information content (AvgIpc) is 3.21. The summed E-state index contributed by atoms with van der Waals surface area (Å²) in [6, 6.07) is 6.29. The monoisotopic (exact) mass is 523 g/mol. The number of nitrogens with one attached hydrogen (secondary N) is 1. The summed E-state index contributed by atoms with van der Waals surface area (Å²) in [5.41, 5.74) is 0.716. The van der Waals surface area contributed by atoms with Gasteiger partial charge in [-0.2, -0.15) is 0 Å². The molecule has 8 nitrogen and oxygen atoms in total. The van der Waals surface area contributed by atoms with Crippen molar-refractivity contribution in [2.24, 2.45) is 17.8 Å². The normalized spacial score (nSPS) is 33.5. The zero-order valence-electron chi connectivity index (χ0n) is 22.5. The number of fused-ring (bicyclic) bond motifs is 3. The molecule has 2 atom stereocenters. The minimum absolute atomic E-state index is 0.107. The molecule has 8 rings (SSSR count). The fourth-order valence-corrected chi connectivity index (χ4v) is 8.05. The number of carbonyl (C=O) groups is 3. The smallest absolute Gasteiger partial charge is 0.255 e. The van der Waals surface area contributed by atoms with Gasteiger partial charge >= 0.3 is 0 Å². The Bertz CT molecular complexity index is 1090. The van der Waals surface area contributed by atoms with Crippen LogP contribution in [0.2, 0.25) is 0 Å². The van der Waals surface area contributed by atoms with Gasteiger partial charge in [-0.15, -0.1) is 0 Å². The summed E-state index contributed by atoms with van der Waals surface area (Å²) in [7, 11) is 1.00. The number of ether oxygens (including phenoxy) is 1. The van der Waals surface area contributed by atoms with Gasteiger partial charge in [0.1, 0.15) is 17.4 Å². The van der Waals surface area contributed by atoms with Gasteiger partial charge in [0.15, 0.2) is 0 Å². The maximum atomic E-state index is 13.2. The predicted molar refractivity (Wildman–Crippen MR) is 141 cm³/mol. The Morgan fingerprint density at radius 1 is 0.921 bits per heavy atom. The summed E-state index contributed by atoms with van der Waals surface area (Å²) in [5, 5.41) is 9.46. The molecule has 3 amide bonds. The van der Waals surface area contributed by atoms with Gasteiger partial charge in [0.05, 0.1) is 0 Å². The van der Waals surface area contributed by atoms with Gasteiger partial charge in [-0.3, -0.25) is 24.6 Å². The highest BCUT2D eigenvalue weighted by atomic mass is 16.5. The number of benzene rings is 1. The fourth-order valence-electron chi connectivity index (χ4n) is 8.05. The van der Waals surface area contributed by atoms with E-state index in [0.717, 1.165) is 36.7 Å². The number of nitrogens with zero attached hydrogens (tertiary/aromatic N) is 2. The Balaban J connectivity index is 0.00000129. The molecule has 6 fully saturated rings. The van der Waals surface area contributed by atoms with E-state index in [1.807, 2.05) is 18.2 Å². The molecule has 2 unspecified atom stereocenters. The van der Waals surface area contributed by atoms with Crippen LogP contribution in [0.3, 0.4) is 0 Å². The number of imide groups is 1. The number of aliphatic hydroxyl groups is 1. The van der Waals surface area contributed by atoms with Crippen LogP contribution in [-0.2, 0) is 16.1 Å². The van der Waals surface area contributed by atoms with Crippen molar-refractivity contribution in [3.05, 3.63) is 29.3 Å². The van der Waals surface area contributed by atoms with Gasteiger partial charge in [0.2, 0.25) is 5.91 Å². The summed E-state index contributed by atoms with van der Waals surface area (Å²) >= 11 is 0. The van der Waals surface area contributed by atoms with Crippen LogP contribution in [0, 0.1) is 17.8 Å². The van der Waals surface area contributed by atoms with E-state index in [2.05, 4.69) is 10.2 Å². The minimum atomic E-state index is -0.865. The third-order valence-electron chi connectivity index (χ3n) is 10.3. The lowest BCUT2D eigenvalue weighted by Gasteiger charge is -2.53. The van der Waals surface area contributed by atoms with Crippen LogP contribution >= 0.6 is 0 Å². The molecule has 4 heterocycles. The molecule has 1 aromatic rings. The highest BCUT2D eigenvalue weighted by Crippen LogP contribution is 2.49. The Hall–Kier alpha value is -2.45. The third kappa shape index (κ3) is 4.24. The zero-order valence-corrected chi connectivity index (χ0v) is 22.5. The van der Waals surface area contributed by atoms with Gasteiger partial charge in [0, 0.05) is 44.3 Å². The fraction of sp³-hybridized carbons (Fsp3) is 0.700. The quantitative estimate of drug-likeness (QED) is 0.575. The number of amides is 3. The molecule has 3 saturated carbocycles. The molecular weight excluding hydrogens is 482 g/mol. The molecule has 38 heavy (non-hydrogen) atoms. The number of hydrogen-bond donors (Lipinski definition) is 2. The first kappa shape index (κ1) is 25.8. The molecule has 3 aliphatic carbocycles. The van der Waals surface area contributed by atoms with E-state index in [-0.39, 0.29) is 29.7 Å². The SMILES string of the molecule is CO.O=C1NC(=O)C2(N3Cc4cc(OC5CCCCC5N5CC(C6CCCCC6)C5)ccc4C3=O)CC1C2. The van der Waals surface area contributed by atoms with Crippen LogP contribution in [-0.4, -0.2) is 70.5 Å². The molecule has 7 aliphatic rings. The highest BCUT2D eigenvalue weighted by molar-refractivity contribution is 6.10. The highest BCUT2D eigenvalue weighted by Gasteiger charge is 2.63. The second kappa shape index (κ2) is 10.3. The topological polar surface area (TPSA) is 99.2 Å². The Kier molecular flexibility index (Phi) is 6.97. The van der Waals surface area contributed by atoms with Gasteiger partial charge in [-0.25, -0.2) is 0 Å². The molecule has 0 aromatic heterocycles. The van der Waals surface area contributed by atoms with E-state index in [0.29, 0.717) is 31.0 Å². The summed E-state index contributed by atoms with van der Waals surface area (Å²) < 4.78 is 6.62. The van der Waals surface area contributed by atoms with Gasteiger partial charge in [-0.05, 0) is 67.7 Å². The molecule has 2 bridgehead atoms. The van der Waals surface area contributed by atoms with Crippen LogP contribution in [0.5, 0.6) is 5.75 Å². The maximum absolute atomic E-state index is 13.2. The van der Waals surface area contributed by atoms with E-state index in [1.54, 1.807) is 4.90 Å². The Morgan fingerprint density at radius 2 is 1.63 bits per heavy atom. The van der Waals surface area contributed by atoms with Crippen LogP contribution < -0.4 is 10.1 Å². The van der Waals surface area contributed by atoms with Crippen molar-refractivity contribution >= 4 is 17.7 Å². The third-order valence-corrected chi connectivity index (χ3v) is 10.3. The summed E-state index contributed by atoms with van der Waals surface area (Å²) in [6.07, 6.45) is 13.0. The minimum Gasteiger partial charge on any atom is -0.489 e. The molecule has 3 saturated heterocycles. The van der Waals surface area contributed by atoms with E-state index in [1.165, 1.54) is 64.5 Å². The van der Waals surface area contributed by atoms with Crippen molar-refractivity contribution in [1.82, 2.24) is 15.1 Å². The molecule has 4 aliphatic heterocycles. The van der Waals surface area contributed by atoms with Crippen molar-refractivity contribution in [3.63, 3.8) is 0 Å². The molecule has 8 heteroatoms. The lowest BCUT2D eigenvalue weighted by atomic mass is 9.63. The zero-order chi connectivity index (χ0) is 26.4. The van der Waals surface area contributed by atoms with Gasteiger partial charge in [0.25, 0.3) is 11.8 Å². The Morgan fingerprint density at radius 3 is 2.37 bits per heavy atom. The molecule has 0 radical (unpaired) electrons. The molecule has 206 valence electrons. The van der Waals surface area contributed by atoms with Crippen molar-refractivity contribution in [2.75, 3.05) is 20.2 Å². The largest absolute Gasteiger partial charge is 0.489 e. The average molecular weight is 524 g/mol. The van der Waals surface area contributed by atoms with Gasteiger partial charge < -0.3 is 14.7 Å². The Labute approximate surface area is 225 Å². The van der Waals surface area contributed by atoms with E-state index >= 15 is 0 Å². The second-order valence-corrected chi connectivity index (χ2v) is 12.3. The number of piperidine rings is 2. The maximum Gasteiger partial charge on any atom is 0.255 e. The number of carbonyl (C=O) groups excluding carboxylic acids is 3. The number of likely N-dealkylation sites (tertiary alicyclic amines) is 1. The van der Waals surface area contributed by atoms with Crippen LogP contribution in [0.1, 0.15) is 86.6 Å². The second-order valence-electron chi connectivity index (χ2n) is 12.3. The predicted octanol–water partition coefficient (Wildman–Crippen LogP) is 3.26. The van der Waals surface area contributed by atoms with E-state index in [4.69, 9.17) is 9.84 Å². The van der Waals surface area contributed by atoms with Crippen molar-refractivity contribution < 1.29 is 24.2 Å². The van der Waals surface area contributed by atoms with Crippen molar-refractivity contribution in [1.29, 1.82) is 0 Å². The first-order valence-electron chi connectivity index (χ1n) is 14.7. The number of rotatable bonds is 5. The molecule has 2 N–H and O–H groups in total. The lowest BCUT2D eigenvalue weighted by molar-refractivity contribution is -0.160. The van der Waals surface area contributed by atoms with Crippen LogP contribution in [0.15, 0.2) is 18.2 Å². The molecule has 1 aromatic carbocycles. The summed E-state index contributed by atoms with van der Waals surface area (Å²) in [4.78, 5) is 42.1. The summed E-state index contributed by atoms with van der Waals surface area (Å²) in [5.74, 6) is 1.86. The number of aliphatic hydroxyl groups excluding tert-OH is 1. The molecule has 0 spiro atoms. The number of hydrogen-bond acceptors (Lipinski definition) is 6. The standard InChI is InChI=1S/C29H37N3O4.CH4O/c33-26-20-13-29(14-20,28(35)30-26)32-17-19-12-22(10-11-23(19)27(32)34)36-25-9-5-4-8-24(25)31-15-21(16-31)18-6-2-1-3-7-18;1-2/h10-12,18,20-21,24-25H,1-9,13-17H2,(H,30,33,35);2H,1H3. The van der Waals surface area contributed by atoms with E-state index < -0.39 is 5.54 Å². The first-order valence-corrected chi connectivity index (χ1v) is 14.7.